The standard InChI is InChI=1S/C23H18N2O2S/c1-13-7-10-15(11-8-13)23(2)18-19(24-22(28)25-23)17-12-9-14-5-3-4-6-16(14)20(17)27-21(18)26/h3-12H,1-2H3,(H2,24,25,28). The van der Waals surface area contributed by atoms with Crippen molar-refractivity contribution in [3.8, 4) is 0 Å². The zero-order chi connectivity index (χ0) is 19.5. The van der Waals surface area contributed by atoms with Crippen molar-refractivity contribution in [2.45, 2.75) is 19.4 Å². The Balaban J connectivity index is 1.88. The molecular weight excluding hydrogens is 368 g/mol. The van der Waals surface area contributed by atoms with Crippen molar-refractivity contribution in [3.05, 3.63) is 87.8 Å². The molecule has 5 heteroatoms. The average molecular weight is 386 g/mol. The molecule has 4 nitrogen and oxygen atoms in total. The first kappa shape index (κ1) is 17.0. The van der Waals surface area contributed by atoms with E-state index in [2.05, 4.69) is 10.6 Å². The fourth-order valence-electron chi connectivity index (χ4n) is 4.05. The summed E-state index contributed by atoms with van der Waals surface area (Å²) in [6.45, 7) is 4.00. The molecule has 0 amide bonds. The molecule has 0 saturated heterocycles. The Labute approximate surface area is 167 Å². The largest absolute Gasteiger partial charge is 0.422 e. The van der Waals surface area contributed by atoms with Crippen molar-refractivity contribution >= 4 is 44.8 Å². The van der Waals surface area contributed by atoms with Gasteiger partial charge in [0, 0.05) is 10.8 Å². The predicted octanol–water partition coefficient (Wildman–Crippen LogP) is 4.82. The van der Waals surface area contributed by atoms with Gasteiger partial charge in [-0.1, -0.05) is 60.2 Å². The highest BCUT2D eigenvalue weighted by atomic mass is 32.1. The minimum atomic E-state index is -0.786. The van der Waals surface area contributed by atoms with Gasteiger partial charge in [0.1, 0.15) is 5.58 Å². The molecule has 1 aromatic heterocycles. The summed E-state index contributed by atoms with van der Waals surface area (Å²) >= 11 is 5.50. The summed E-state index contributed by atoms with van der Waals surface area (Å²) in [7, 11) is 0. The first-order chi connectivity index (χ1) is 13.5. The number of fused-ring (bicyclic) bond motifs is 5. The fourth-order valence-corrected chi connectivity index (χ4v) is 4.36. The number of rotatable bonds is 1. The van der Waals surface area contributed by atoms with Gasteiger partial charge in [0.25, 0.3) is 0 Å². The molecule has 2 heterocycles. The lowest BCUT2D eigenvalue weighted by atomic mass is 9.82. The highest BCUT2D eigenvalue weighted by Crippen LogP contribution is 2.40. The molecule has 1 unspecified atom stereocenters. The Hall–Kier alpha value is -3.18. The van der Waals surface area contributed by atoms with Gasteiger partial charge in [-0.05, 0) is 43.1 Å². The van der Waals surface area contributed by atoms with Crippen LogP contribution >= 0.6 is 12.2 Å². The van der Waals surface area contributed by atoms with Crippen molar-refractivity contribution in [3.63, 3.8) is 0 Å². The second-order valence-corrected chi connectivity index (χ2v) is 7.78. The van der Waals surface area contributed by atoms with E-state index in [9.17, 15) is 4.79 Å². The van der Waals surface area contributed by atoms with Gasteiger partial charge in [0.05, 0.1) is 16.8 Å². The maximum absolute atomic E-state index is 13.2. The number of nitrogens with one attached hydrogen (secondary N) is 2. The van der Waals surface area contributed by atoms with Gasteiger partial charge in [-0.2, -0.15) is 0 Å². The molecule has 0 bridgehead atoms. The van der Waals surface area contributed by atoms with Gasteiger partial charge >= 0.3 is 5.63 Å². The molecular formula is C23H18N2O2S. The molecule has 0 fully saturated rings. The van der Waals surface area contributed by atoms with Gasteiger partial charge in [-0.3, -0.25) is 0 Å². The number of thiocarbonyl (C=S) groups is 1. The molecule has 2 N–H and O–H groups in total. The summed E-state index contributed by atoms with van der Waals surface area (Å²) in [6.07, 6.45) is 0. The van der Waals surface area contributed by atoms with Crippen molar-refractivity contribution in [2.75, 3.05) is 5.32 Å². The maximum Gasteiger partial charge on any atom is 0.344 e. The Morgan fingerprint density at radius 1 is 0.964 bits per heavy atom. The molecule has 1 atom stereocenters. The lowest BCUT2D eigenvalue weighted by Gasteiger charge is -2.38. The minimum Gasteiger partial charge on any atom is -0.422 e. The first-order valence-electron chi connectivity index (χ1n) is 9.13. The highest BCUT2D eigenvalue weighted by molar-refractivity contribution is 7.80. The van der Waals surface area contributed by atoms with Crippen LogP contribution in [0.1, 0.15) is 23.6 Å². The van der Waals surface area contributed by atoms with E-state index >= 15 is 0 Å². The van der Waals surface area contributed by atoms with E-state index < -0.39 is 5.54 Å². The summed E-state index contributed by atoms with van der Waals surface area (Å²) in [4.78, 5) is 13.2. The smallest absolute Gasteiger partial charge is 0.344 e. The van der Waals surface area contributed by atoms with E-state index in [1.165, 1.54) is 0 Å². The molecule has 138 valence electrons. The third kappa shape index (κ3) is 2.36. The molecule has 5 rings (SSSR count). The van der Waals surface area contributed by atoms with Crippen LogP contribution in [0.15, 0.2) is 69.9 Å². The van der Waals surface area contributed by atoms with Crippen LogP contribution in [0.5, 0.6) is 0 Å². The summed E-state index contributed by atoms with van der Waals surface area (Å²) in [5.74, 6) is 0. The predicted molar refractivity (Wildman–Crippen MR) is 117 cm³/mol. The Kier molecular flexibility index (Phi) is 3.58. The van der Waals surface area contributed by atoms with E-state index in [4.69, 9.17) is 16.6 Å². The van der Waals surface area contributed by atoms with Crippen LogP contribution in [-0.2, 0) is 5.54 Å². The number of benzene rings is 3. The van der Waals surface area contributed by atoms with Crippen LogP contribution in [0.4, 0.5) is 5.69 Å². The highest BCUT2D eigenvalue weighted by Gasteiger charge is 2.40. The Bertz CT molecular complexity index is 1320. The van der Waals surface area contributed by atoms with Crippen LogP contribution in [0.25, 0.3) is 21.7 Å². The molecule has 28 heavy (non-hydrogen) atoms. The summed E-state index contributed by atoms with van der Waals surface area (Å²) in [6, 6.07) is 20.0. The van der Waals surface area contributed by atoms with E-state index in [1.807, 2.05) is 74.5 Å². The van der Waals surface area contributed by atoms with E-state index in [0.717, 1.165) is 27.3 Å². The number of hydrogen-bond donors (Lipinski definition) is 2. The molecule has 0 radical (unpaired) electrons. The van der Waals surface area contributed by atoms with Crippen LogP contribution in [0, 0.1) is 6.92 Å². The van der Waals surface area contributed by atoms with Crippen LogP contribution < -0.4 is 16.3 Å². The van der Waals surface area contributed by atoms with E-state index in [-0.39, 0.29) is 5.63 Å². The summed E-state index contributed by atoms with van der Waals surface area (Å²) in [5, 5.41) is 9.75. The first-order valence-corrected chi connectivity index (χ1v) is 9.53. The van der Waals surface area contributed by atoms with Crippen LogP contribution in [0.2, 0.25) is 0 Å². The molecule has 4 aromatic rings. The topological polar surface area (TPSA) is 54.3 Å². The molecule has 1 aliphatic rings. The molecule has 0 aliphatic carbocycles. The summed E-state index contributed by atoms with van der Waals surface area (Å²) < 4.78 is 5.87. The maximum atomic E-state index is 13.2. The fraction of sp³-hybridized carbons (Fsp3) is 0.130. The molecule has 0 saturated carbocycles. The SMILES string of the molecule is Cc1ccc(C2(C)NC(=S)Nc3c2c(=O)oc2c3ccc3ccccc32)cc1. The van der Waals surface area contributed by atoms with Crippen molar-refractivity contribution in [1.82, 2.24) is 5.32 Å². The van der Waals surface area contributed by atoms with Gasteiger partial charge < -0.3 is 15.1 Å². The van der Waals surface area contributed by atoms with Crippen molar-refractivity contribution < 1.29 is 4.42 Å². The molecule has 1 aliphatic heterocycles. The molecule has 3 aromatic carbocycles. The third-order valence-electron chi connectivity index (χ3n) is 5.53. The average Bonchev–Trinajstić information content (AvgIpc) is 2.67. The Morgan fingerprint density at radius 3 is 2.50 bits per heavy atom. The van der Waals surface area contributed by atoms with Crippen LogP contribution in [0.3, 0.4) is 0 Å². The normalized spacial score (nSPS) is 18.6. The minimum absolute atomic E-state index is 0.371. The van der Waals surface area contributed by atoms with Gasteiger partial charge in [0.15, 0.2) is 5.11 Å². The number of hydrogen-bond acceptors (Lipinski definition) is 3. The monoisotopic (exact) mass is 386 g/mol. The van der Waals surface area contributed by atoms with E-state index in [1.54, 1.807) is 0 Å². The zero-order valence-electron chi connectivity index (χ0n) is 15.5. The van der Waals surface area contributed by atoms with Gasteiger partial charge in [0.2, 0.25) is 0 Å². The Morgan fingerprint density at radius 2 is 1.71 bits per heavy atom. The van der Waals surface area contributed by atoms with Gasteiger partial charge in [-0.25, -0.2) is 4.79 Å². The van der Waals surface area contributed by atoms with Crippen molar-refractivity contribution in [1.29, 1.82) is 0 Å². The van der Waals surface area contributed by atoms with Crippen LogP contribution in [-0.4, -0.2) is 5.11 Å². The number of aryl methyl sites for hydroxylation is 1. The quantitative estimate of drug-likeness (QED) is 0.279. The lowest BCUT2D eigenvalue weighted by Crippen LogP contribution is -2.52. The second-order valence-electron chi connectivity index (χ2n) is 7.37. The third-order valence-corrected chi connectivity index (χ3v) is 5.73. The zero-order valence-corrected chi connectivity index (χ0v) is 16.3. The van der Waals surface area contributed by atoms with Gasteiger partial charge in [-0.15, -0.1) is 0 Å². The second kappa shape index (κ2) is 5.91. The van der Waals surface area contributed by atoms with E-state index in [0.29, 0.717) is 21.9 Å². The lowest BCUT2D eigenvalue weighted by molar-refractivity contribution is 0.475. The van der Waals surface area contributed by atoms with Crippen molar-refractivity contribution in [2.24, 2.45) is 0 Å². The molecule has 0 spiro atoms. The number of anilines is 1. The summed E-state index contributed by atoms with van der Waals surface area (Å²) in [5.41, 5.74) is 2.77.